The number of nitrogens with one attached hydrogen (secondary N) is 2. The number of para-hydroxylation sites is 4. The van der Waals surface area contributed by atoms with E-state index in [0.717, 1.165) is 62.5 Å². The van der Waals surface area contributed by atoms with Gasteiger partial charge in [-0.2, -0.15) is 20.4 Å². The number of nitrogens with zero attached hydrogens (tertiary/aromatic N) is 20. The number of carbonyl (C=O) groups excluding carboxylic acids is 4. The number of hydrogen-bond acceptors (Lipinski definition) is 24. The maximum atomic E-state index is 12.1. The van der Waals surface area contributed by atoms with Gasteiger partial charge >= 0.3 is 12.1 Å². The monoisotopic (exact) mass is 1670 g/mol. The lowest BCUT2D eigenvalue weighted by molar-refractivity contribution is -0.129. The van der Waals surface area contributed by atoms with Crippen molar-refractivity contribution < 1.29 is 38.1 Å². The molecule has 8 heterocycles. The summed E-state index contributed by atoms with van der Waals surface area (Å²) < 4.78 is 30.5. The Hall–Kier alpha value is -16.2. The summed E-state index contributed by atoms with van der Waals surface area (Å²) in [5.74, 6) is 7.49. The van der Waals surface area contributed by atoms with Crippen molar-refractivity contribution in [1.29, 1.82) is 0 Å². The molecule has 6 amide bonds. The van der Waals surface area contributed by atoms with Crippen molar-refractivity contribution in [3.8, 4) is 91.0 Å². The lowest BCUT2D eigenvalue weighted by atomic mass is 10.1. The standard InChI is InChI=1S/C23H25N7O2.C23H24N6O2.C22H23N7O2.C22H22N6O2/c1-28(2)23(31)29(3)13-14-30-22-19(21(24)25-15-26-22)20(27-30)16-9-11-18(12-10-16)32-17-7-5-4-6-8-17;1-3-19(30)28(2)13-14-29-23-20(22(24)25-15-26-23)21(27-29)16-9-11-18(12-10-16)31-17-7-5-4-6-8-17;1-28(2)22(30)24-12-13-29-21-18(20(23)25-14-26-21)19(27-29)15-8-10-17(11-9-15)31-16-6-4-3-5-7-16;1-2-18(29)24-12-13-28-22-19(21(23)25-14-26-22)20(27-28)15-8-10-17(11-9-15)30-16-6-4-3-5-7-16/h4-12,15H,13-14H2,1-3H3,(H2,24,25,26);4-12,15H,3,13-14H2,1-2H3,(H2,24,25,26);3-11,14H,12-13H2,1-2H3,(H,24,30)(H2,23,25,26);3-11,14H,2,12-13H2,1H3,(H,24,29)(H2,23,25,26). The molecule has 0 spiro atoms. The van der Waals surface area contributed by atoms with Crippen LogP contribution in [-0.2, 0) is 35.8 Å². The minimum Gasteiger partial charge on any atom is -0.457 e. The number of amides is 6. The number of urea groups is 2. The van der Waals surface area contributed by atoms with Gasteiger partial charge < -0.3 is 72.1 Å². The van der Waals surface area contributed by atoms with Crippen LogP contribution in [0.4, 0.5) is 32.9 Å². The van der Waals surface area contributed by atoms with Crippen LogP contribution >= 0.6 is 0 Å². The molecule has 0 aliphatic heterocycles. The molecule has 0 aliphatic carbocycles. The SMILES string of the molecule is CCC(=O)N(C)CCn1nc(-c2ccc(Oc3ccccc3)cc2)c2c(N)ncnc21.CCC(=O)NCCn1nc(-c2ccc(Oc3ccccc3)cc2)c2c(N)ncnc21.CN(C)C(=O)N(C)CCn1nc(-c2ccc(Oc3ccccc3)cc2)c2c(N)ncnc21.CN(C)C(=O)NCCn1nc(-c2ccc(Oc3ccccc3)cc2)c2c(N)ncnc21. The lowest BCUT2D eigenvalue weighted by Gasteiger charge is -2.21. The number of aromatic nitrogens is 16. The van der Waals surface area contributed by atoms with E-state index in [2.05, 4.69) is 50.5 Å². The van der Waals surface area contributed by atoms with Gasteiger partial charge in [0.1, 0.15) is 117 Å². The van der Waals surface area contributed by atoms with Crippen LogP contribution < -0.4 is 52.5 Å². The second-order valence-corrected chi connectivity index (χ2v) is 28.5. The molecular weight excluding hydrogens is 1570 g/mol. The smallest absolute Gasteiger partial charge is 0.319 e. The summed E-state index contributed by atoms with van der Waals surface area (Å²) >= 11 is 0. The van der Waals surface area contributed by atoms with Crippen LogP contribution in [0.25, 0.3) is 89.2 Å². The van der Waals surface area contributed by atoms with Gasteiger partial charge in [-0.1, -0.05) is 86.6 Å². The molecule has 8 aromatic carbocycles. The van der Waals surface area contributed by atoms with Gasteiger partial charge in [-0.3, -0.25) is 9.59 Å². The maximum Gasteiger partial charge on any atom is 0.319 e. The van der Waals surface area contributed by atoms with Gasteiger partial charge in [-0.05, 0) is 146 Å². The average molecular weight is 1670 g/mol. The Morgan fingerprint density at radius 3 is 0.855 bits per heavy atom. The zero-order valence-electron chi connectivity index (χ0n) is 69.7. The summed E-state index contributed by atoms with van der Waals surface area (Å²) in [6, 6.07) is 68.6. The number of nitrogen functional groups attached to an aromatic ring is 4. The van der Waals surface area contributed by atoms with Gasteiger partial charge in [0.15, 0.2) is 22.6 Å². The van der Waals surface area contributed by atoms with E-state index in [1.54, 1.807) is 70.8 Å². The molecule has 8 aromatic heterocycles. The first-order chi connectivity index (χ1) is 60.2. The molecule has 0 saturated carbocycles. The molecule has 0 unspecified atom stereocenters. The summed E-state index contributed by atoms with van der Waals surface area (Å²) in [7, 11) is 10.4. The largest absolute Gasteiger partial charge is 0.457 e. The molecule has 0 atom stereocenters. The van der Waals surface area contributed by atoms with Gasteiger partial charge in [0.25, 0.3) is 0 Å². The molecule has 0 aliphatic rings. The second-order valence-electron chi connectivity index (χ2n) is 28.5. The lowest BCUT2D eigenvalue weighted by Crippen LogP contribution is -2.38. The highest BCUT2D eigenvalue weighted by molar-refractivity contribution is 6.01. The Morgan fingerprint density at radius 1 is 0.323 bits per heavy atom. The van der Waals surface area contributed by atoms with E-state index in [0.29, 0.717) is 161 Å². The van der Waals surface area contributed by atoms with Crippen LogP contribution in [0, 0.1) is 0 Å². The Balaban J connectivity index is 0.000000142. The molecule has 16 rings (SSSR count). The molecule has 0 bridgehead atoms. The van der Waals surface area contributed by atoms with Gasteiger partial charge in [0, 0.05) is 104 Å². The van der Waals surface area contributed by atoms with Crippen molar-refractivity contribution in [3.63, 3.8) is 0 Å². The first-order valence-corrected chi connectivity index (χ1v) is 39.8. The van der Waals surface area contributed by atoms with Crippen molar-refractivity contribution in [1.82, 2.24) is 109 Å². The molecule has 124 heavy (non-hydrogen) atoms. The molecular formula is C90H94N26O8. The zero-order valence-corrected chi connectivity index (χ0v) is 69.7. The first-order valence-electron chi connectivity index (χ1n) is 39.8. The van der Waals surface area contributed by atoms with Crippen LogP contribution in [0.5, 0.6) is 46.0 Å². The molecule has 0 fully saturated rings. The first kappa shape index (κ1) is 85.7. The van der Waals surface area contributed by atoms with Crippen LogP contribution in [-0.4, -0.2) is 191 Å². The van der Waals surface area contributed by atoms with Crippen molar-refractivity contribution in [3.05, 3.63) is 244 Å². The topological polar surface area (TPSA) is 421 Å². The fourth-order valence-electron chi connectivity index (χ4n) is 12.9. The Morgan fingerprint density at radius 2 is 0.589 bits per heavy atom. The molecule has 0 saturated heterocycles. The maximum absolute atomic E-state index is 12.1. The summed E-state index contributed by atoms with van der Waals surface area (Å²) in [4.78, 5) is 87.6. The van der Waals surface area contributed by atoms with Gasteiger partial charge in [-0.25, -0.2) is 68.2 Å². The third-order valence-corrected chi connectivity index (χ3v) is 19.4. The Kier molecular flexibility index (Phi) is 28.0. The predicted molar refractivity (Wildman–Crippen MR) is 477 cm³/mol. The van der Waals surface area contributed by atoms with Gasteiger partial charge in [0.05, 0.1) is 47.7 Å². The molecule has 34 heteroatoms. The molecule has 0 radical (unpaired) electrons. The fraction of sp³-hybridized carbons (Fsp3) is 0.200. The van der Waals surface area contributed by atoms with Crippen molar-refractivity contribution in [2.45, 2.75) is 52.9 Å². The normalized spacial score (nSPS) is 10.8. The van der Waals surface area contributed by atoms with E-state index in [-0.39, 0.29) is 23.9 Å². The second kappa shape index (κ2) is 40.5. The summed E-state index contributed by atoms with van der Waals surface area (Å²) in [5, 5.41) is 27.3. The molecule has 34 nitrogen and oxygen atoms in total. The number of carbonyl (C=O) groups is 4. The minimum absolute atomic E-state index is 0.00479. The number of likely N-dealkylation sites (N-methyl/N-ethyl adjacent to an activating group) is 2. The summed E-state index contributed by atoms with van der Waals surface area (Å²) in [6.07, 6.45) is 6.59. The average Bonchev–Trinajstić information content (AvgIpc) is 1.64. The van der Waals surface area contributed by atoms with Crippen molar-refractivity contribution >= 4 is 91.3 Å². The van der Waals surface area contributed by atoms with Gasteiger partial charge in [-0.15, -0.1) is 0 Å². The number of ether oxygens (including phenoxy) is 4. The van der Waals surface area contributed by atoms with Crippen LogP contribution in [0.3, 0.4) is 0 Å². The number of hydrogen-bond donors (Lipinski definition) is 6. The third kappa shape index (κ3) is 21.3. The van der Waals surface area contributed by atoms with Crippen LogP contribution in [0.15, 0.2) is 244 Å². The number of anilines is 4. The van der Waals surface area contributed by atoms with E-state index >= 15 is 0 Å². The molecule has 16 aromatic rings. The predicted octanol–water partition coefficient (Wildman–Crippen LogP) is 13.8. The Bertz CT molecular complexity index is 6280. The molecule has 632 valence electrons. The number of rotatable bonds is 26. The fourth-order valence-corrected chi connectivity index (χ4v) is 12.9. The minimum atomic E-state index is -0.167. The zero-order chi connectivity index (χ0) is 87.2. The summed E-state index contributed by atoms with van der Waals surface area (Å²) in [6.45, 7) is 7.42. The van der Waals surface area contributed by atoms with Crippen LogP contribution in [0.2, 0.25) is 0 Å². The van der Waals surface area contributed by atoms with Crippen molar-refractivity contribution in [2.24, 2.45) is 0 Å². The number of nitrogens with two attached hydrogens (primary N) is 4. The quantitative estimate of drug-likeness (QED) is 0.0293. The van der Waals surface area contributed by atoms with Crippen molar-refractivity contribution in [2.75, 3.05) is 91.4 Å². The van der Waals surface area contributed by atoms with E-state index in [1.165, 1.54) is 35.1 Å². The van der Waals surface area contributed by atoms with E-state index in [4.69, 9.17) is 62.3 Å². The van der Waals surface area contributed by atoms with E-state index in [9.17, 15) is 19.2 Å². The van der Waals surface area contributed by atoms with E-state index in [1.807, 2.05) is 232 Å². The Labute approximate surface area is 714 Å². The summed E-state index contributed by atoms with van der Waals surface area (Å²) in [5.41, 5.74) is 33.4. The number of fused-ring (bicyclic) bond motifs is 4. The highest BCUT2D eigenvalue weighted by Gasteiger charge is 2.24. The number of benzene rings is 8. The van der Waals surface area contributed by atoms with E-state index < -0.39 is 0 Å². The highest BCUT2D eigenvalue weighted by Crippen LogP contribution is 2.38. The van der Waals surface area contributed by atoms with Gasteiger partial charge in [0.2, 0.25) is 11.8 Å². The highest BCUT2D eigenvalue weighted by atomic mass is 16.5. The molecule has 10 N–H and O–H groups in total. The van der Waals surface area contributed by atoms with Crippen LogP contribution in [0.1, 0.15) is 26.7 Å². The third-order valence-electron chi connectivity index (χ3n) is 19.4.